The van der Waals surface area contributed by atoms with Gasteiger partial charge in [-0.05, 0) is 26.2 Å². The molecule has 1 unspecified atom stereocenters. The second-order valence-electron chi connectivity index (χ2n) is 5.15. The molecule has 0 aromatic carbocycles. The molecule has 2 nitrogen and oxygen atoms in total. The van der Waals surface area contributed by atoms with Crippen molar-refractivity contribution in [2.24, 2.45) is 11.8 Å². The normalized spacial score (nSPS) is 19.4. The molecule has 2 heteroatoms. The predicted molar refractivity (Wildman–Crippen MR) is 68.3 cm³/mol. The standard InChI is InChI=1S/C14H27NO/c1-4-15(5-2)14(16)12(3)11-13-9-7-6-8-10-13/h12-13H,4-11H2,1-3H3. The number of nitrogens with zero attached hydrogens (tertiary/aromatic N) is 1. The van der Waals surface area contributed by atoms with Crippen LogP contribution in [0.2, 0.25) is 0 Å². The van der Waals surface area contributed by atoms with Crippen LogP contribution in [0.25, 0.3) is 0 Å². The summed E-state index contributed by atoms with van der Waals surface area (Å²) in [6.45, 7) is 7.94. The molecule has 1 rings (SSSR count). The van der Waals surface area contributed by atoms with Crippen molar-refractivity contribution in [3.05, 3.63) is 0 Å². The topological polar surface area (TPSA) is 20.3 Å². The van der Waals surface area contributed by atoms with E-state index >= 15 is 0 Å². The highest BCUT2D eigenvalue weighted by Gasteiger charge is 2.23. The molecule has 0 radical (unpaired) electrons. The first-order valence-electron chi connectivity index (χ1n) is 6.97. The van der Waals surface area contributed by atoms with Gasteiger partial charge >= 0.3 is 0 Å². The summed E-state index contributed by atoms with van der Waals surface area (Å²) < 4.78 is 0. The molecule has 0 aromatic rings. The lowest BCUT2D eigenvalue weighted by molar-refractivity contribution is -0.135. The van der Waals surface area contributed by atoms with Gasteiger partial charge in [0.05, 0.1) is 0 Å². The van der Waals surface area contributed by atoms with Gasteiger partial charge in [0.1, 0.15) is 0 Å². The van der Waals surface area contributed by atoms with Crippen LogP contribution >= 0.6 is 0 Å². The zero-order valence-corrected chi connectivity index (χ0v) is 11.2. The number of rotatable bonds is 5. The van der Waals surface area contributed by atoms with Crippen LogP contribution in [0.1, 0.15) is 59.3 Å². The minimum Gasteiger partial charge on any atom is -0.343 e. The average molecular weight is 225 g/mol. The summed E-state index contributed by atoms with van der Waals surface area (Å²) in [6.07, 6.45) is 7.93. The molecule has 1 atom stereocenters. The maximum absolute atomic E-state index is 12.1. The molecule has 1 aliphatic rings. The Morgan fingerprint density at radius 2 is 1.75 bits per heavy atom. The maximum atomic E-state index is 12.1. The van der Waals surface area contributed by atoms with Crippen LogP contribution in [0.15, 0.2) is 0 Å². The number of carbonyl (C=O) groups is 1. The van der Waals surface area contributed by atoms with Crippen molar-refractivity contribution in [2.75, 3.05) is 13.1 Å². The van der Waals surface area contributed by atoms with E-state index in [4.69, 9.17) is 0 Å². The van der Waals surface area contributed by atoms with E-state index in [1.54, 1.807) is 0 Å². The summed E-state index contributed by atoms with van der Waals surface area (Å²) in [5.74, 6) is 1.39. The third kappa shape index (κ3) is 3.80. The monoisotopic (exact) mass is 225 g/mol. The minimum absolute atomic E-state index is 0.225. The zero-order chi connectivity index (χ0) is 12.0. The maximum Gasteiger partial charge on any atom is 0.225 e. The average Bonchev–Trinajstić information content (AvgIpc) is 2.31. The molecule has 16 heavy (non-hydrogen) atoms. The van der Waals surface area contributed by atoms with E-state index in [1.165, 1.54) is 32.1 Å². The number of hydrogen-bond donors (Lipinski definition) is 0. The first-order valence-corrected chi connectivity index (χ1v) is 6.97. The van der Waals surface area contributed by atoms with Gasteiger partial charge in [0.25, 0.3) is 0 Å². The molecule has 0 spiro atoms. The first-order chi connectivity index (χ1) is 7.69. The van der Waals surface area contributed by atoms with Gasteiger partial charge < -0.3 is 4.90 Å². The Kier molecular flexibility index (Phi) is 5.86. The first kappa shape index (κ1) is 13.5. The molecule has 0 aromatic heterocycles. The summed E-state index contributed by atoms with van der Waals surface area (Å²) in [4.78, 5) is 14.1. The molecule has 1 fully saturated rings. The fourth-order valence-electron chi connectivity index (χ4n) is 2.87. The molecule has 0 bridgehead atoms. The largest absolute Gasteiger partial charge is 0.343 e. The second-order valence-corrected chi connectivity index (χ2v) is 5.15. The summed E-state index contributed by atoms with van der Waals surface area (Å²) in [5, 5.41) is 0. The van der Waals surface area contributed by atoms with E-state index in [0.717, 1.165) is 25.4 Å². The van der Waals surface area contributed by atoms with Gasteiger partial charge in [0.2, 0.25) is 5.91 Å². The lowest BCUT2D eigenvalue weighted by atomic mass is 9.83. The minimum atomic E-state index is 0.225. The number of amides is 1. The van der Waals surface area contributed by atoms with Crippen molar-refractivity contribution >= 4 is 5.91 Å². The Bertz CT molecular complexity index is 205. The van der Waals surface area contributed by atoms with E-state index in [2.05, 4.69) is 20.8 Å². The Hall–Kier alpha value is -0.530. The highest BCUT2D eigenvalue weighted by molar-refractivity contribution is 5.78. The molecule has 0 heterocycles. The summed E-state index contributed by atoms with van der Waals surface area (Å²) >= 11 is 0. The molecule has 1 saturated carbocycles. The van der Waals surface area contributed by atoms with Crippen LogP contribution in [0.4, 0.5) is 0 Å². The van der Waals surface area contributed by atoms with Crippen molar-refractivity contribution in [3.8, 4) is 0 Å². The smallest absolute Gasteiger partial charge is 0.225 e. The van der Waals surface area contributed by atoms with E-state index in [9.17, 15) is 4.79 Å². The molecular weight excluding hydrogens is 198 g/mol. The summed E-state index contributed by atoms with van der Waals surface area (Å²) in [7, 11) is 0. The lowest BCUT2D eigenvalue weighted by Gasteiger charge is -2.27. The van der Waals surface area contributed by atoms with Gasteiger partial charge in [-0.15, -0.1) is 0 Å². The third-order valence-electron chi connectivity index (χ3n) is 3.91. The van der Waals surface area contributed by atoms with Crippen molar-refractivity contribution in [3.63, 3.8) is 0 Å². The SMILES string of the molecule is CCN(CC)C(=O)C(C)CC1CCCCC1. The van der Waals surface area contributed by atoms with Crippen LogP contribution in [0.5, 0.6) is 0 Å². The number of hydrogen-bond acceptors (Lipinski definition) is 1. The van der Waals surface area contributed by atoms with Crippen LogP contribution in [-0.2, 0) is 4.79 Å². The van der Waals surface area contributed by atoms with Gasteiger partial charge in [-0.25, -0.2) is 0 Å². The van der Waals surface area contributed by atoms with E-state index in [1.807, 2.05) is 4.90 Å². The van der Waals surface area contributed by atoms with Crippen LogP contribution in [0, 0.1) is 11.8 Å². The fourth-order valence-corrected chi connectivity index (χ4v) is 2.87. The summed E-state index contributed by atoms with van der Waals surface area (Å²) in [6, 6.07) is 0. The van der Waals surface area contributed by atoms with Crippen molar-refractivity contribution in [1.82, 2.24) is 4.90 Å². The van der Waals surface area contributed by atoms with E-state index in [0.29, 0.717) is 5.91 Å². The van der Waals surface area contributed by atoms with Gasteiger partial charge in [-0.2, -0.15) is 0 Å². The van der Waals surface area contributed by atoms with Crippen LogP contribution in [0.3, 0.4) is 0 Å². The Morgan fingerprint density at radius 3 is 2.25 bits per heavy atom. The van der Waals surface area contributed by atoms with Gasteiger partial charge in [-0.1, -0.05) is 39.0 Å². The molecule has 1 aliphatic carbocycles. The second kappa shape index (κ2) is 6.93. The highest BCUT2D eigenvalue weighted by Crippen LogP contribution is 2.29. The van der Waals surface area contributed by atoms with E-state index in [-0.39, 0.29) is 5.92 Å². The molecular formula is C14H27NO. The Balaban J connectivity index is 2.37. The Morgan fingerprint density at radius 1 is 1.19 bits per heavy atom. The fraction of sp³-hybridized carbons (Fsp3) is 0.929. The van der Waals surface area contributed by atoms with E-state index < -0.39 is 0 Å². The van der Waals surface area contributed by atoms with Crippen molar-refractivity contribution < 1.29 is 4.79 Å². The molecule has 0 saturated heterocycles. The molecule has 94 valence electrons. The Labute approximate surface area is 100 Å². The van der Waals surface area contributed by atoms with Crippen molar-refractivity contribution in [2.45, 2.75) is 59.3 Å². The van der Waals surface area contributed by atoms with Crippen molar-refractivity contribution in [1.29, 1.82) is 0 Å². The lowest BCUT2D eigenvalue weighted by Crippen LogP contribution is -2.35. The van der Waals surface area contributed by atoms with Gasteiger partial charge in [0.15, 0.2) is 0 Å². The van der Waals surface area contributed by atoms with Crippen LogP contribution < -0.4 is 0 Å². The number of carbonyl (C=O) groups excluding carboxylic acids is 1. The van der Waals surface area contributed by atoms with Gasteiger partial charge in [0, 0.05) is 19.0 Å². The molecule has 0 N–H and O–H groups in total. The third-order valence-corrected chi connectivity index (χ3v) is 3.91. The quantitative estimate of drug-likeness (QED) is 0.701. The molecule has 0 aliphatic heterocycles. The highest BCUT2D eigenvalue weighted by atomic mass is 16.2. The summed E-state index contributed by atoms with van der Waals surface area (Å²) in [5.41, 5.74) is 0. The predicted octanol–water partition coefficient (Wildman–Crippen LogP) is 3.46. The van der Waals surface area contributed by atoms with Crippen LogP contribution in [-0.4, -0.2) is 23.9 Å². The van der Waals surface area contributed by atoms with Gasteiger partial charge in [-0.3, -0.25) is 4.79 Å². The zero-order valence-electron chi connectivity index (χ0n) is 11.2. The molecule has 1 amide bonds.